The summed E-state index contributed by atoms with van der Waals surface area (Å²) < 4.78 is 5.09. The normalized spacial score (nSPS) is 22.6. The second-order valence-corrected chi connectivity index (χ2v) is 5.59. The first-order valence-electron chi connectivity index (χ1n) is 6.71. The van der Waals surface area contributed by atoms with Crippen LogP contribution in [-0.4, -0.2) is 32.2 Å². The number of amides is 1. The van der Waals surface area contributed by atoms with Crippen molar-refractivity contribution < 1.29 is 9.53 Å². The summed E-state index contributed by atoms with van der Waals surface area (Å²) in [7, 11) is 1.69. The number of carbonyl (C=O) groups excluding carboxylic acids is 1. The van der Waals surface area contributed by atoms with Gasteiger partial charge in [0, 0.05) is 26.3 Å². The van der Waals surface area contributed by atoms with Gasteiger partial charge in [0.15, 0.2) is 0 Å². The minimum atomic E-state index is -0.153. The molecule has 5 heteroatoms. The highest BCUT2D eigenvalue weighted by Gasteiger charge is 2.43. The number of ether oxygens (including phenoxy) is 1. The van der Waals surface area contributed by atoms with Gasteiger partial charge in [-0.3, -0.25) is 4.79 Å². The SMILES string of the molecule is COCCC1(C(=O)NCC(N)C2CC2)CCC1.Cl. The monoisotopic (exact) mass is 276 g/mol. The molecule has 3 N–H and O–H groups in total. The Bertz CT molecular complexity index is 278. The molecule has 0 radical (unpaired) electrons. The lowest BCUT2D eigenvalue weighted by atomic mass is 9.66. The van der Waals surface area contributed by atoms with E-state index in [1.807, 2.05) is 0 Å². The third-order valence-corrected chi connectivity index (χ3v) is 4.30. The Hall–Kier alpha value is -0.320. The Morgan fingerprint density at radius 3 is 2.61 bits per heavy atom. The van der Waals surface area contributed by atoms with Gasteiger partial charge in [-0.05, 0) is 38.0 Å². The molecule has 2 aliphatic rings. The molecule has 0 aliphatic heterocycles. The number of nitrogens with one attached hydrogen (secondary N) is 1. The first-order valence-corrected chi connectivity index (χ1v) is 6.71. The van der Waals surface area contributed by atoms with Crippen LogP contribution in [0.15, 0.2) is 0 Å². The van der Waals surface area contributed by atoms with E-state index in [0.29, 0.717) is 19.1 Å². The van der Waals surface area contributed by atoms with Gasteiger partial charge in [-0.2, -0.15) is 0 Å². The van der Waals surface area contributed by atoms with Crippen molar-refractivity contribution in [2.24, 2.45) is 17.1 Å². The quantitative estimate of drug-likeness (QED) is 0.740. The van der Waals surface area contributed by atoms with Crippen molar-refractivity contribution in [1.29, 1.82) is 0 Å². The average molecular weight is 277 g/mol. The summed E-state index contributed by atoms with van der Waals surface area (Å²) in [5, 5.41) is 3.04. The highest BCUT2D eigenvalue weighted by molar-refractivity contribution is 5.85. The van der Waals surface area contributed by atoms with Crippen molar-refractivity contribution in [3.63, 3.8) is 0 Å². The smallest absolute Gasteiger partial charge is 0.226 e. The molecule has 0 saturated heterocycles. The number of halogens is 1. The zero-order valence-electron chi connectivity index (χ0n) is 11.1. The topological polar surface area (TPSA) is 64.3 Å². The fourth-order valence-corrected chi connectivity index (χ4v) is 2.58. The fraction of sp³-hybridized carbons (Fsp3) is 0.923. The molecule has 0 aromatic rings. The maximum atomic E-state index is 12.2. The molecule has 1 unspecified atom stereocenters. The van der Waals surface area contributed by atoms with Gasteiger partial charge in [0.1, 0.15) is 0 Å². The van der Waals surface area contributed by atoms with E-state index in [1.54, 1.807) is 7.11 Å². The largest absolute Gasteiger partial charge is 0.385 e. The Morgan fingerprint density at radius 2 is 2.17 bits per heavy atom. The minimum absolute atomic E-state index is 0. The number of methoxy groups -OCH3 is 1. The van der Waals surface area contributed by atoms with Crippen LogP contribution in [0.2, 0.25) is 0 Å². The van der Waals surface area contributed by atoms with Gasteiger partial charge in [-0.15, -0.1) is 12.4 Å². The van der Waals surface area contributed by atoms with Gasteiger partial charge in [-0.25, -0.2) is 0 Å². The summed E-state index contributed by atoms with van der Waals surface area (Å²) in [4.78, 5) is 12.2. The summed E-state index contributed by atoms with van der Waals surface area (Å²) >= 11 is 0. The summed E-state index contributed by atoms with van der Waals surface area (Å²) in [6, 6.07) is 0.151. The Balaban J connectivity index is 0.00000162. The predicted octanol–water partition coefficient (Wildman–Crippen LogP) is 1.47. The molecule has 2 fully saturated rings. The van der Waals surface area contributed by atoms with Crippen LogP contribution >= 0.6 is 12.4 Å². The molecule has 0 spiro atoms. The lowest BCUT2D eigenvalue weighted by Gasteiger charge is -2.40. The van der Waals surface area contributed by atoms with Crippen molar-refractivity contribution >= 4 is 18.3 Å². The minimum Gasteiger partial charge on any atom is -0.385 e. The molecule has 0 heterocycles. The molecule has 2 saturated carbocycles. The van der Waals surface area contributed by atoms with Crippen LogP contribution in [0.1, 0.15) is 38.5 Å². The second kappa shape index (κ2) is 6.73. The van der Waals surface area contributed by atoms with Crippen molar-refractivity contribution in [3.05, 3.63) is 0 Å². The van der Waals surface area contributed by atoms with Gasteiger partial charge in [0.25, 0.3) is 0 Å². The van der Waals surface area contributed by atoms with Gasteiger partial charge in [-0.1, -0.05) is 6.42 Å². The third kappa shape index (κ3) is 3.59. The summed E-state index contributed by atoms with van der Waals surface area (Å²) in [6.45, 7) is 1.31. The molecule has 106 valence electrons. The Labute approximate surface area is 115 Å². The number of rotatable bonds is 7. The highest BCUT2D eigenvalue weighted by Crippen LogP contribution is 2.44. The van der Waals surface area contributed by atoms with Crippen LogP contribution in [0.4, 0.5) is 0 Å². The standard InChI is InChI=1S/C13H24N2O2.ClH/c1-17-8-7-13(5-2-6-13)12(16)15-9-11(14)10-3-4-10;/h10-11H,2-9,14H2,1H3,(H,15,16);1H. The van der Waals surface area contributed by atoms with Crippen LogP contribution < -0.4 is 11.1 Å². The van der Waals surface area contributed by atoms with E-state index in [-0.39, 0.29) is 29.8 Å². The number of carbonyl (C=O) groups is 1. The molecule has 1 atom stereocenters. The van der Waals surface area contributed by atoms with Crippen molar-refractivity contribution in [2.45, 2.75) is 44.6 Å². The van der Waals surface area contributed by atoms with Gasteiger partial charge in [0.2, 0.25) is 5.91 Å². The summed E-state index contributed by atoms with van der Waals surface area (Å²) in [6.07, 6.45) is 6.46. The zero-order valence-corrected chi connectivity index (χ0v) is 11.9. The first-order chi connectivity index (χ1) is 8.18. The highest BCUT2D eigenvalue weighted by atomic mass is 35.5. The molecule has 0 bridgehead atoms. The second-order valence-electron chi connectivity index (χ2n) is 5.59. The van der Waals surface area contributed by atoms with Gasteiger partial charge in [0.05, 0.1) is 5.41 Å². The lowest BCUT2D eigenvalue weighted by molar-refractivity contribution is -0.137. The molecule has 18 heavy (non-hydrogen) atoms. The fourth-order valence-electron chi connectivity index (χ4n) is 2.58. The van der Waals surface area contributed by atoms with Crippen molar-refractivity contribution in [2.75, 3.05) is 20.3 Å². The lowest BCUT2D eigenvalue weighted by Crippen LogP contribution is -2.49. The number of hydrogen-bond donors (Lipinski definition) is 2. The summed E-state index contributed by atoms with van der Waals surface area (Å²) in [5.74, 6) is 0.837. The third-order valence-electron chi connectivity index (χ3n) is 4.30. The Kier molecular flexibility index (Phi) is 5.89. The summed E-state index contributed by atoms with van der Waals surface area (Å²) in [5.41, 5.74) is 5.84. The average Bonchev–Trinajstić information content (AvgIpc) is 3.08. The van der Waals surface area contributed by atoms with E-state index >= 15 is 0 Å². The van der Waals surface area contributed by atoms with E-state index in [2.05, 4.69) is 5.32 Å². The molecule has 2 rings (SSSR count). The zero-order chi connectivity index (χ0) is 12.3. The Morgan fingerprint density at radius 1 is 1.50 bits per heavy atom. The molecule has 4 nitrogen and oxygen atoms in total. The number of hydrogen-bond acceptors (Lipinski definition) is 3. The van der Waals surface area contributed by atoms with Crippen LogP contribution in [0, 0.1) is 11.3 Å². The van der Waals surface area contributed by atoms with Gasteiger partial charge < -0.3 is 15.8 Å². The molecule has 1 amide bonds. The van der Waals surface area contributed by atoms with E-state index in [0.717, 1.165) is 25.7 Å². The van der Waals surface area contributed by atoms with E-state index in [1.165, 1.54) is 12.8 Å². The molecule has 0 aromatic heterocycles. The maximum absolute atomic E-state index is 12.2. The van der Waals surface area contributed by atoms with Crippen LogP contribution in [-0.2, 0) is 9.53 Å². The molecule has 2 aliphatic carbocycles. The van der Waals surface area contributed by atoms with Crippen LogP contribution in [0.25, 0.3) is 0 Å². The van der Waals surface area contributed by atoms with Gasteiger partial charge >= 0.3 is 0 Å². The maximum Gasteiger partial charge on any atom is 0.226 e. The number of nitrogens with two attached hydrogens (primary N) is 1. The van der Waals surface area contributed by atoms with Crippen LogP contribution in [0.3, 0.4) is 0 Å². The van der Waals surface area contributed by atoms with E-state index in [4.69, 9.17) is 10.5 Å². The van der Waals surface area contributed by atoms with Crippen molar-refractivity contribution in [1.82, 2.24) is 5.32 Å². The molecular formula is C13H25ClN2O2. The van der Waals surface area contributed by atoms with Crippen LogP contribution in [0.5, 0.6) is 0 Å². The van der Waals surface area contributed by atoms with Crippen molar-refractivity contribution in [3.8, 4) is 0 Å². The molecule has 0 aromatic carbocycles. The first kappa shape index (κ1) is 15.7. The molecular weight excluding hydrogens is 252 g/mol. The van der Waals surface area contributed by atoms with E-state index in [9.17, 15) is 4.79 Å². The predicted molar refractivity (Wildman–Crippen MR) is 73.7 cm³/mol. The van der Waals surface area contributed by atoms with E-state index < -0.39 is 0 Å².